The minimum atomic E-state index is -4.80. The lowest BCUT2D eigenvalue weighted by Gasteiger charge is -2.12. The van der Waals surface area contributed by atoms with Gasteiger partial charge in [-0.15, -0.1) is 0 Å². The van der Waals surface area contributed by atoms with Gasteiger partial charge in [-0.25, -0.2) is 13.2 Å². The maximum absolute atomic E-state index is 12.1. The molecule has 2 aromatic rings. The Kier molecular flexibility index (Phi) is 7.80. The molecule has 0 saturated heterocycles. The Morgan fingerprint density at radius 1 is 0.861 bits per heavy atom. The molecule has 1 fully saturated rings. The first-order valence-corrected chi connectivity index (χ1v) is 15.0. The van der Waals surface area contributed by atoms with Crippen LogP contribution >= 0.6 is 0 Å². The van der Waals surface area contributed by atoms with Crippen LogP contribution in [0.4, 0.5) is 16.2 Å². The summed E-state index contributed by atoms with van der Waals surface area (Å²) in [6.07, 6.45) is 3.34. The third-order valence-electron chi connectivity index (χ3n) is 4.93. The van der Waals surface area contributed by atoms with Crippen molar-refractivity contribution < 1.29 is 39.2 Å². The van der Waals surface area contributed by atoms with Crippen LogP contribution in [0.3, 0.4) is 0 Å². The van der Waals surface area contributed by atoms with Crippen LogP contribution in [0.2, 0.25) is 0 Å². The highest BCUT2D eigenvalue weighted by atomic mass is 32.2. The second-order valence-electron chi connectivity index (χ2n) is 8.39. The van der Waals surface area contributed by atoms with Crippen molar-refractivity contribution in [3.05, 3.63) is 47.5 Å². The quantitative estimate of drug-likeness (QED) is 0.227. The monoisotopic (exact) mass is 559 g/mol. The first kappa shape index (κ1) is 27.6. The maximum Gasteiger partial charge on any atom is 0.319 e. The molecule has 196 valence electrons. The third-order valence-corrected chi connectivity index (χ3v) is 8.61. The van der Waals surface area contributed by atoms with E-state index < -0.39 is 51.3 Å². The Morgan fingerprint density at radius 3 is 1.78 bits per heavy atom. The van der Waals surface area contributed by atoms with E-state index in [-0.39, 0.29) is 28.5 Å². The fourth-order valence-electron chi connectivity index (χ4n) is 3.17. The van der Waals surface area contributed by atoms with E-state index in [4.69, 9.17) is 0 Å². The maximum atomic E-state index is 12.1. The minimum Gasteiger partial charge on any atom is -0.336 e. The van der Waals surface area contributed by atoms with E-state index in [2.05, 4.69) is 15.4 Å². The van der Waals surface area contributed by atoms with Gasteiger partial charge in [0.25, 0.3) is 20.2 Å². The molecule has 0 atom stereocenters. The van der Waals surface area contributed by atoms with Gasteiger partial charge < -0.3 is 10.6 Å². The average Bonchev–Trinajstić information content (AvgIpc) is 3.57. The number of benzene rings is 2. The zero-order valence-corrected chi connectivity index (χ0v) is 21.6. The molecule has 1 aliphatic carbocycles. The summed E-state index contributed by atoms with van der Waals surface area (Å²) < 4.78 is 93.6. The molecule has 0 heterocycles. The Morgan fingerprint density at radius 2 is 1.33 bits per heavy atom. The molecule has 36 heavy (non-hydrogen) atoms. The number of hydrogen-bond donors (Lipinski definition) is 5. The molecule has 0 unspecified atom stereocenters. The average molecular weight is 560 g/mol. The van der Waals surface area contributed by atoms with Crippen molar-refractivity contribution in [3.63, 3.8) is 0 Å². The fraction of sp³-hybridized carbons (Fsp3) is 0.286. The van der Waals surface area contributed by atoms with Crippen molar-refractivity contribution >= 4 is 59.8 Å². The predicted molar refractivity (Wildman–Crippen MR) is 134 cm³/mol. The lowest BCUT2D eigenvalue weighted by molar-refractivity contribution is 0.250. The summed E-state index contributed by atoms with van der Waals surface area (Å²) in [7, 11) is -13.2. The molecule has 0 radical (unpaired) electrons. The summed E-state index contributed by atoms with van der Waals surface area (Å²) in [4.78, 5) is 10.7. The molecule has 2 aromatic carbocycles. The van der Waals surface area contributed by atoms with Gasteiger partial charge in [0.05, 0.1) is 5.25 Å². The van der Waals surface area contributed by atoms with Crippen molar-refractivity contribution in [3.8, 4) is 0 Å². The van der Waals surface area contributed by atoms with Crippen LogP contribution in [-0.4, -0.2) is 51.7 Å². The second-order valence-corrected chi connectivity index (χ2v) is 13.1. The molecule has 2 amide bonds. The van der Waals surface area contributed by atoms with Gasteiger partial charge in [0.1, 0.15) is 9.79 Å². The van der Waals surface area contributed by atoms with Crippen molar-refractivity contribution in [1.82, 2.24) is 5.32 Å². The van der Waals surface area contributed by atoms with Gasteiger partial charge in [0.15, 0.2) is 0 Å². The summed E-state index contributed by atoms with van der Waals surface area (Å²) in [5.74, 6) is 0. The summed E-state index contributed by atoms with van der Waals surface area (Å²) in [6, 6.07) is 6.35. The molecular formula is C21H25N3O9S3. The number of urea groups is 1. The van der Waals surface area contributed by atoms with E-state index in [9.17, 15) is 39.2 Å². The fourth-order valence-corrected chi connectivity index (χ4v) is 5.97. The molecule has 1 saturated carbocycles. The van der Waals surface area contributed by atoms with Gasteiger partial charge in [0, 0.05) is 17.4 Å². The second kappa shape index (κ2) is 10.2. The van der Waals surface area contributed by atoms with E-state index >= 15 is 0 Å². The topological polar surface area (TPSA) is 196 Å². The van der Waals surface area contributed by atoms with Gasteiger partial charge in [0.2, 0.25) is 10.0 Å². The first-order chi connectivity index (χ1) is 16.6. The Bertz CT molecular complexity index is 1530. The molecule has 0 bridgehead atoms. The van der Waals surface area contributed by atoms with Gasteiger partial charge in [-0.05, 0) is 62.1 Å². The van der Waals surface area contributed by atoms with E-state index in [0.717, 1.165) is 12.1 Å². The van der Waals surface area contributed by atoms with Gasteiger partial charge in [-0.2, -0.15) is 16.8 Å². The van der Waals surface area contributed by atoms with Crippen molar-refractivity contribution in [2.45, 2.75) is 47.8 Å². The summed E-state index contributed by atoms with van der Waals surface area (Å²) in [5, 5.41) is 4.44. The third kappa shape index (κ3) is 7.27. The van der Waals surface area contributed by atoms with E-state index in [1.807, 2.05) is 0 Å². The lowest BCUT2D eigenvalue weighted by Crippen LogP contribution is -2.34. The molecule has 0 spiro atoms. The summed E-state index contributed by atoms with van der Waals surface area (Å²) in [5.41, 5.74) is -0.122. The molecule has 0 aromatic heterocycles. The Hall–Kier alpha value is -2.98. The van der Waals surface area contributed by atoms with Crippen LogP contribution in [0.5, 0.6) is 0 Å². The number of sulfonamides is 1. The largest absolute Gasteiger partial charge is 0.336 e. The number of carbonyl (C=O) groups excluding carboxylic acids is 1. The van der Waals surface area contributed by atoms with Crippen LogP contribution in [-0.2, 0) is 30.3 Å². The number of hydrogen-bond acceptors (Lipinski definition) is 7. The highest BCUT2D eigenvalue weighted by Crippen LogP contribution is 2.31. The van der Waals surface area contributed by atoms with Crippen LogP contribution in [0.1, 0.15) is 37.8 Å². The highest BCUT2D eigenvalue weighted by Gasteiger charge is 2.35. The SMILES string of the molecule is CC(C)NC(=O)Nc1ccc(C=Cc2ccc(NS(=O)(=O)C3CC3)cc2S(=O)(=O)O)c(S(=O)(=O)O)c1. The summed E-state index contributed by atoms with van der Waals surface area (Å²) in [6.45, 7) is 3.46. The van der Waals surface area contributed by atoms with Gasteiger partial charge in [-0.3, -0.25) is 13.8 Å². The van der Waals surface area contributed by atoms with Crippen LogP contribution in [0.25, 0.3) is 12.2 Å². The van der Waals surface area contributed by atoms with Gasteiger partial charge in [-0.1, -0.05) is 24.3 Å². The minimum absolute atomic E-state index is 0.0490. The summed E-state index contributed by atoms with van der Waals surface area (Å²) >= 11 is 0. The molecule has 12 nitrogen and oxygen atoms in total. The molecule has 0 aliphatic heterocycles. The molecule has 15 heteroatoms. The zero-order valence-electron chi connectivity index (χ0n) is 19.2. The number of nitrogens with one attached hydrogen (secondary N) is 3. The van der Waals surface area contributed by atoms with Crippen molar-refractivity contribution in [2.24, 2.45) is 0 Å². The lowest BCUT2D eigenvalue weighted by atomic mass is 10.1. The number of amides is 2. The van der Waals surface area contributed by atoms with Crippen LogP contribution in [0.15, 0.2) is 46.2 Å². The number of anilines is 2. The smallest absolute Gasteiger partial charge is 0.319 e. The molecule has 1 aliphatic rings. The molecule has 5 N–H and O–H groups in total. The Labute approximate surface area is 209 Å². The van der Waals surface area contributed by atoms with Crippen LogP contribution in [0, 0.1) is 0 Å². The first-order valence-electron chi connectivity index (χ1n) is 10.6. The highest BCUT2D eigenvalue weighted by molar-refractivity contribution is 7.93. The van der Waals surface area contributed by atoms with Crippen molar-refractivity contribution in [1.29, 1.82) is 0 Å². The Balaban J connectivity index is 1.96. The number of rotatable bonds is 9. The number of carbonyl (C=O) groups is 1. The van der Waals surface area contributed by atoms with Gasteiger partial charge >= 0.3 is 6.03 Å². The standard InChI is InChI=1S/C21H25N3O9S3/c1-13(2)22-21(25)23-16-7-5-14(19(11-16)35(28,29)30)3-4-15-6-8-17(12-20(15)36(31,32)33)24-34(26,27)18-9-10-18/h3-8,11-13,18,24H,9-10H2,1-2H3,(H2,22,23,25)(H,28,29,30)(H,31,32,33). The zero-order chi connectivity index (χ0) is 26.9. The predicted octanol–water partition coefficient (Wildman–Crippen LogP) is 2.78. The van der Waals surface area contributed by atoms with Crippen molar-refractivity contribution in [2.75, 3.05) is 10.0 Å². The van der Waals surface area contributed by atoms with E-state index in [0.29, 0.717) is 12.8 Å². The molecular weight excluding hydrogens is 534 g/mol. The normalized spacial score (nSPS) is 14.7. The molecule has 3 rings (SSSR count). The van der Waals surface area contributed by atoms with Crippen LogP contribution < -0.4 is 15.4 Å². The van der Waals surface area contributed by atoms with E-state index in [1.165, 1.54) is 36.4 Å². The van der Waals surface area contributed by atoms with E-state index in [1.54, 1.807) is 13.8 Å².